The largest absolute Gasteiger partial charge is 0.481 e. The van der Waals surface area contributed by atoms with Crippen LogP contribution in [0, 0.1) is 0 Å². The van der Waals surface area contributed by atoms with E-state index in [1.54, 1.807) is 0 Å². The zero-order valence-electron chi connectivity index (χ0n) is 17.5. The predicted molar refractivity (Wildman–Crippen MR) is 112 cm³/mol. The lowest BCUT2D eigenvalue weighted by molar-refractivity contribution is -0.128. The molecule has 0 radical (unpaired) electrons. The number of amides is 1. The summed E-state index contributed by atoms with van der Waals surface area (Å²) in [5.41, 5.74) is 3.76. The van der Waals surface area contributed by atoms with Crippen LogP contribution in [0.1, 0.15) is 70.7 Å². The van der Waals surface area contributed by atoms with E-state index in [9.17, 15) is 4.79 Å². The monoisotopic (exact) mass is 367 g/mol. The number of ether oxygens (including phenoxy) is 1. The van der Waals surface area contributed by atoms with E-state index in [0.717, 1.165) is 17.7 Å². The standard InChI is InChI=1S/C24H33NO2/c1-7-18-9-15-21(16-10-18)27-22(8-2)23(26)25-17(3)19-11-13-20(14-12-19)24(4,5)6/h9-17,22H,7-8H2,1-6H3,(H,25,26)/t17-,22-/m1/s1. The van der Waals surface area contributed by atoms with Crippen molar-refractivity contribution in [2.45, 2.75) is 71.9 Å². The minimum atomic E-state index is -0.492. The van der Waals surface area contributed by atoms with E-state index in [0.29, 0.717) is 6.42 Å². The Hall–Kier alpha value is -2.29. The van der Waals surface area contributed by atoms with Crippen LogP contribution in [-0.2, 0) is 16.6 Å². The molecule has 0 aliphatic rings. The molecule has 2 rings (SSSR count). The highest BCUT2D eigenvalue weighted by molar-refractivity contribution is 5.81. The fourth-order valence-corrected chi connectivity index (χ4v) is 2.95. The zero-order valence-corrected chi connectivity index (χ0v) is 17.5. The zero-order chi connectivity index (χ0) is 20.0. The number of hydrogen-bond acceptors (Lipinski definition) is 2. The van der Waals surface area contributed by atoms with Crippen LogP contribution in [0.2, 0.25) is 0 Å². The third kappa shape index (κ3) is 5.85. The van der Waals surface area contributed by atoms with Gasteiger partial charge >= 0.3 is 0 Å². The summed E-state index contributed by atoms with van der Waals surface area (Å²) in [4.78, 5) is 12.7. The molecule has 0 aliphatic heterocycles. The van der Waals surface area contributed by atoms with E-state index in [-0.39, 0.29) is 17.4 Å². The van der Waals surface area contributed by atoms with Crippen LogP contribution in [0.3, 0.4) is 0 Å². The Kier molecular flexibility index (Phi) is 7.06. The van der Waals surface area contributed by atoms with Gasteiger partial charge in [-0.15, -0.1) is 0 Å². The Morgan fingerprint density at radius 2 is 1.59 bits per heavy atom. The highest BCUT2D eigenvalue weighted by atomic mass is 16.5. The number of hydrogen-bond donors (Lipinski definition) is 1. The van der Waals surface area contributed by atoms with Gasteiger partial charge in [0.05, 0.1) is 6.04 Å². The molecule has 0 spiro atoms. The number of nitrogens with one attached hydrogen (secondary N) is 1. The van der Waals surface area contributed by atoms with Crippen molar-refractivity contribution >= 4 is 5.91 Å². The van der Waals surface area contributed by atoms with Gasteiger partial charge in [-0.25, -0.2) is 0 Å². The smallest absolute Gasteiger partial charge is 0.261 e. The van der Waals surface area contributed by atoms with Crippen LogP contribution in [0.15, 0.2) is 48.5 Å². The van der Waals surface area contributed by atoms with Crippen LogP contribution in [-0.4, -0.2) is 12.0 Å². The van der Waals surface area contributed by atoms with E-state index in [4.69, 9.17) is 4.74 Å². The Morgan fingerprint density at radius 3 is 2.07 bits per heavy atom. The van der Waals surface area contributed by atoms with Gasteiger partial charge in [-0.3, -0.25) is 4.79 Å². The minimum absolute atomic E-state index is 0.0633. The first-order chi connectivity index (χ1) is 12.7. The SMILES string of the molecule is CCc1ccc(O[C@H](CC)C(=O)N[C@H](C)c2ccc(C(C)(C)C)cc2)cc1. The van der Waals surface area contributed by atoms with Gasteiger partial charge in [0.1, 0.15) is 5.75 Å². The van der Waals surface area contributed by atoms with Crippen molar-refractivity contribution in [3.05, 3.63) is 65.2 Å². The average molecular weight is 368 g/mol. The van der Waals surface area contributed by atoms with Gasteiger partial charge in [0.2, 0.25) is 0 Å². The second kappa shape index (κ2) is 9.07. The first-order valence-corrected chi connectivity index (χ1v) is 9.91. The number of carbonyl (C=O) groups excluding carboxylic acids is 1. The molecule has 0 aromatic heterocycles. The Morgan fingerprint density at radius 1 is 1.00 bits per heavy atom. The fraction of sp³-hybridized carbons (Fsp3) is 0.458. The molecule has 0 saturated carbocycles. The molecule has 0 saturated heterocycles. The maximum atomic E-state index is 12.7. The third-order valence-electron chi connectivity index (χ3n) is 4.91. The molecule has 2 atom stereocenters. The van der Waals surface area contributed by atoms with Gasteiger partial charge in [-0.05, 0) is 54.0 Å². The van der Waals surface area contributed by atoms with Gasteiger partial charge < -0.3 is 10.1 Å². The lowest BCUT2D eigenvalue weighted by atomic mass is 9.86. The Labute approximate surface area is 164 Å². The lowest BCUT2D eigenvalue weighted by Gasteiger charge is -2.22. The molecule has 3 nitrogen and oxygen atoms in total. The van der Waals surface area contributed by atoms with Crippen LogP contribution in [0.5, 0.6) is 5.75 Å². The molecule has 3 heteroatoms. The second-order valence-corrected chi connectivity index (χ2v) is 8.11. The van der Waals surface area contributed by atoms with Crippen LogP contribution >= 0.6 is 0 Å². The summed E-state index contributed by atoms with van der Waals surface area (Å²) in [6.07, 6.45) is 1.12. The molecular formula is C24H33NO2. The average Bonchev–Trinajstić information content (AvgIpc) is 2.65. The highest BCUT2D eigenvalue weighted by Gasteiger charge is 2.21. The summed E-state index contributed by atoms with van der Waals surface area (Å²) in [6, 6.07) is 16.4. The van der Waals surface area contributed by atoms with Crippen molar-refractivity contribution in [2.75, 3.05) is 0 Å². The highest BCUT2D eigenvalue weighted by Crippen LogP contribution is 2.24. The normalized spacial score (nSPS) is 13.7. The van der Waals surface area contributed by atoms with Crippen molar-refractivity contribution in [3.63, 3.8) is 0 Å². The van der Waals surface area contributed by atoms with Crippen molar-refractivity contribution in [3.8, 4) is 5.75 Å². The fourth-order valence-electron chi connectivity index (χ4n) is 2.95. The Bertz CT molecular complexity index is 726. The van der Waals surface area contributed by atoms with E-state index in [1.165, 1.54) is 11.1 Å². The van der Waals surface area contributed by atoms with E-state index in [2.05, 4.69) is 57.3 Å². The molecule has 0 heterocycles. The van der Waals surface area contributed by atoms with Gasteiger partial charge in [0.15, 0.2) is 6.10 Å². The molecule has 0 unspecified atom stereocenters. The minimum Gasteiger partial charge on any atom is -0.481 e. The maximum Gasteiger partial charge on any atom is 0.261 e. The predicted octanol–water partition coefficient (Wildman–Crippen LogP) is 5.58. The molecule has 1 amide bonds. The number of carbonyl (C=O) groups is 1. The third-order valence-corrected chi connectivity index (χ3v) is 4.91. The molecule has 146 valence electrons. The second-order valence-electron chi connectivity index (χ2n) is 8.11. The molecule has 27 heavy (non-hydrogen) atoms. The molecule has 0 bridgehead atoms. The van der Waals surface area contributed by atoms with Crippen LogP contribution in [0.4, 0.5) is 0 Å². The summed E-state index contributed by atoms with van der Waals surface area (Å²) >= 11 is 0. The summed E-state index contributed by atoms with van der Waals surface area (Å²) in [6.45, 7) is 12.7. The molecule has 1 N–H and O–H groups in total. The summed E-state index contributed by atoms with van der Waals surface area (Å²) in [5, 5.41) is 3.08. The first-order valence-electron chi connectivity index (χ1n) is 9.91. The molecular weight excluding hydrogens is 334 g/mol. The van der Waals surface area contributed by atoms with Gasteiger partial charge in [-0.1, -0.05) is 71.0 Å². The summed E-state index contributed by atoms with van der Waals surface area (Å²) < 4.78 is 5.91. The lowest BCUT2D eigenvalue weighted by Crippen LogP contribution is -2.39. The molecule has 0 fully saturated rings. The Balaban J connectivity index is 2.00. The van der Waals surface area contributed by atoms with Gasteiger partial charge in [-0.2, -0.15) is 0 Å². The summed E-state index contributed by atoms with van der Waals surface area (Å²) in [5.74, 6) is 0.654. The van der Waals surface area contributed by atoms with Crippen LogP contribution < -0.4 is 10.1 Å². The molecule has 2 aromatic rings. The van der Waals surface area contributed by atoms with Gasteiger partial charge in [0, 0.05) is 0 Å². The van der Waals surface area contributed by atoms with E-state index >= 15 is 0 Å². The van der Waals surface area contributed by atoms with Crippen molar-refractivity contribution in [1.82, 2.24) is 5.32 Å². The topological polar surface area (TPSA) is 38.3 Å². The first kappa shape index (κ1) is 21.0. The number of benzene rings is 2. The van der Waals surface area contributed by atoms with Crippen molar-refractivity contribution in [1.29, 1.82) is 0 Å². The quantitative estimate of drug-likeness (QED) is 0.693. The number of rotatable bonds is 7. The van der Waals surface area contributed by atoms with Crippen LogP contribution in [0.25, 0.3) is 0 Å². The molecule has 2 aromatic carbocycles. The van der Waals surface area contributed by atoms with Crippen molar-refractivity contribution < 1.29 is 9.53 Å². The number of aryl methyl sites for hydroxylation is 1. The van der Waals surface area contributed by atoms with Gasteiger partial charge in [0.25, 0.3) is 5.91 Å². The maximum absolute atomic E-state index is 12.7. The van der Waals surface area contributed by atoms with E-state index < -0.39 is 6.10 Å². The molecule has 0 aliphatic carbocycles. The van der Waals surface area contributed by atoms with Crippen molar-refractivity contribution in [2.24, 2.45) is 0 Å². The summed E-state index contributed by atoms with van der Waals surface area (Å²) in [7, 11) is 0. The van der Waals surface area contributed by atoms with E-state index in [1.807, 2.05) is 38.1 Å².